The minimum absolute atomic E-state index is 0.0714. The average molecular weight is 301 g/mol. The molecule has 1 aromatic carbocycles. The number of hydrogen-bond donors (Lipinski definition) is 1. The smallest absolute Gasteiger partial charge is 0.406 e. The molecule has 0 radical (unpaired) electrons. The van der Waals surface area contributed by atoms with Crippen LogP contribution in [0.4, 0.5) is 13.2 Å². The fourth-order valence-corrected chi connectivity index (χ4v) is 3.14. The van der Waals surface area contributed by atoms with Crippen LogP contribution in [0.25, 0.3) is 0 Å². The molecule has 1 aromatic rings. The van der Waals surface area contributed by atoms with E-state index >= 15 is 0 Å². The van der Waals surface area contributed by atoms with Crippen LogP contribution in [0.2, 0.25) is 0 Å². The predicted octanol–water partition coefficient (Wildman–Crippen LogP) is 4.28. The van der Waals surface area contributed by atoms with Crippen molar-refractivity contribution in [3.8, 4) is 5.75 Å². The number of hydrogen-bond acceptors (Lipinski definition) is 2. The maximum Gasteiger partial charge on any atom is 0.573 e. The lowest BCUT2D eigenvalue weighted by molar-refractivity contribution is -0.274. The zero-order chi connectivity index (χ0) is 15.5. The first kappa shape index (κ1) is 16.1. The Labute approximate surface area is 123 Å². The number of alkyl halides is 3. The number of ether oxygens (including phenoxy) is 1. The van der Waals surface area contributed by atoms with E-state index in [1.165, 1.54) is 25.0 Å². The Balaban J connectivity index is 1.90. The number of benzene rings is 1. The van der Waals surface area contributed by atoms with Crippen LogP contribution in [-0.4, -0.2) is 12.4 Å². The van der Waals surface area contributed by atoms with E-state index in [1.54, 1.807) is 12.1 Å². The summed E-state index contributed by atoms with van der Waals surface area (Å²) in [5.74, 6) is 1.04. The van der Waals surface area contributed by atoms with Crippen LogP contribution < -0.4 is 10.5 Å². The minimum atomic E-state index is -4.64. The molecule has 1 aliphatic carbocycles. The molecule has 21 heavy (non-hydrogen) atoms. The lowest BCUT2D eigenvalue weighted by Gasteiger charge is -2.31. The van der Waals surface area contributed by atoms with Crippen molar-refractivity contribution >= 4 is 0 Å². The van der Waals surface area contributed by atoms with Gasteiger partial charge in [0.1, 0.15) is 5.75 Å². The Bertz CT molecular complexity index is 444. The third-order valence-corrected chi connectivity index (χ3v) is 4.21. The van der Waals surface area contributed by atoms with Crippen LogP contribution in [0.15, 0.2) is 24.3 Å². The van der Waals surface area contributed by atoms with Crippen molar-refractivity contribution in [1.29, 1.82) is 0 Å². The highest BCUT2D eigenvalue weighted by Gasteiger charge is 2.31. The molecule has 118 valence electrons. The van der Waals surface area contributed by atoms with Gasteiger partial charge in [-0.05, 0) is 48.8 Å². The molecule has 0 bridgehead atoms. The Kier molecular flexibility index (Phi) is 5.14. The molecule has 1 aliphatic rings. The molecule has 2 N–H and O–H groups in total. The molecule has 0 heterocycles. The molecule has 0 aliphatic heterocycles. The fourth-order valence-electron chi connectivity index (χ4n) is 3.14. The van der Waals surface area contributed by atoms with Gasteiger partial charge in [-0.2, -0.15) is 0 Å². The van der Waals surface area contributed by atoms with E-state index in [0.29, 0.717) is 12.3 Å². The topological polar surface area (TPSA) is 35.2 Å². The van der Waals surface area contributed by atoms with Gasteiger partial charge in [0.15, 0.2) is 0 Å². The van der Waals surface area contributed by atoms with Crippen LogP contribution >= 0.6 is 0 Å². The van der Waals surface area contributed by atoms with Gasteiger partial charge in [0.2, 0.25) is 0 Å². The van der Waals surface area contributed by atoms with Gasteiger partial charge in [-0.25, -0.2) is 0 Å². The fraction of sp³-hybridized carbons (Fsp3) is 0.625. The van der Waals surface area contributed by atoms with Gasteiger partial charge >= 0.3 is 6.36 Å². The number of halogens is 3. The molecule has 1 saturated carbocycles. The van der Waals surface area contributed by atoms with Crippen molar-refractivity contribution in [1.82, 2.24) is 0 Å². The molecule has 0 spiro atoms. The molecule has 5 heteroatoms. The van der Waals surface area contributed by atoms with Gasteiger partial charge < -0.3 is 10.5 Å². The van der Waals surface area contributed by atoms with Crippen LogP contribution in [0, 0.1) is 11.8 Å². The second-order valence-corrected chi connectivity index (χ2v) is 6.09. The van der Waals surface area contributed by atoms with Gasteiger partial charge in [-0.3, -0.25) is 0 Å². The first-order chi connectivity index (χ1) is 9.83. The van der Waals surface area contributed by atoms with Crippen molar-refractivity contribution in [3.05, 3.63) is 29.8 Å². The molecule has 0 aromatic heterocycles. The molecule has 2 nitrogen and oxygen atoms in total. The summed E-state index contributed by atoms with van der Waals surface area (Å²) in [5, 5.41) is 0. The molecule has 0 saturated heterocycles. The van der Waals surface area contributed by atoms with E-state index in [4.69, 9.17) is 5.73 Å². The van der Waals surface area contributed by atoms with E-state index in [1.807, 2.05) is 0 Å². The van der Waals surface area contributed by atoms with Crippen LogP contribution in [-0.2, 0) is 6.42 Å². The average Bonchev–Trinajstić information content (AvgIpc) is 2.39. The molecule has 3 unspecified atom stereocenters. The quantitative estimate of drug-likeness (QED) is 0.901. The van der Waals surface area contributed by atoms with Gasteiger partial charge in [0.05, 0.1) is 0 Å². The summed E-state index contributed by atoms with van der Waals surface area (Å²) in [7, 11) is 0. The molecule has 2 rings (SSSR count). The molecular weight excluding hydrogens is 279 g/mol. The van der Waals surface area contributed by atoms with Crippen LogP contribution in [0.1, 0.15) is 38.2 Å². The minimum Gasteiger partial charge on any atom is -0.406 e. The summed E-state index contributed by atoms with van der Waals surface area (Å²) < 4.78 is 40.1. The summed E-state index contributed by atoms with van der Waals surface area (Å²) in [6, 6.07) is 6.08. The third kappa shape index (κ3) is 5.23. The first-order valence-corrected chi connectivity index (χ1v) is 7.44. The van der Waals surface area contributed by atoms with Crippen LogP contribution in [0.5, 0.6) is 5.75 Å². The molecule has 0 amide bonds. The summed E-state index contributed by atoms with van der Waals surface area (Å²) in [6.07, 6.45) is 0.849. The van der Waals surface area contributed by atoms with Gasteiger partial charge in [0, 0.05) is 6.04 Å². The SMILES string of the molecule is CC1CCCC(C(N)Cc2ccc(OC(F)(F)F)cc2)C1. The Morgan fingerprint density at radius 1 is 1.24 bits per heavy atom. The Hall–Kier alpha value is -1.23. The largest absolute Gasteiger partial charge is 0.573 e. The van der Waals surface area contributed by atoms with Crippen molar-refractivity contribution < 1.29 is 17.9 Å². The number of rotatable bonds is 4. The van der Waals surface area contributed by atoms with Crippen molar-refractivity contribution in [2.45, 2.75) is 51.4 Å². The molecule has 3 atom stereocenters. The van der Waals surface area contributed by atoms with Crippen molar-refractivity contribution in [2.24, 2.45) is 17.6 Å². The second-order valence-electron chi connectivity index (χ2n) is 6.09. The standard InChI is InChI=1S/C16H22F3NO/c1-11-3-2-4-13(9-11)15(20)10-12-5-7-14(8-6-12)21-16(17,18)19/h5-8,11,13,15H,2-4,9-10,20H2,1H3. The second kappa shape index (κ2) is 6.69. The monoisotopic (exact) mass is 301 g/mol. The van der Waals surface area contributed by atoms with Gasteiger partial charge in [-0.15, -0.1) is 13.2 Å². The summed E-state index contributed by atoms with van der Waals surface area (Å²) in [6.45, 7) is 2.25. The summed E-state index contributed by atoms with van der Waals surface area (Å²) in [5.41, 5.74) is 7.23. The first-order valence-electron chi connectivity index (χ1n) is 7.44. The molecule has 1 fully saturated rings. The van der Waals surface area contributed by atoms with E-state index in [2.05, 4.69) is 11.7 Å². The van der Waals surface area contributed by atoms with E-state index in [9.17, 15) is 13.2 Å². The lowest BCUT2D eigenvalue weighted by Crippen LogP contribution is -2.35. The molecular formula is C16H22F3NO. The zero-order valence-electron chi connectivity index (χ0n) is 12.2. The zero-order valence-corrected chi connectivity index (χ0v) is 12.2. The van der Waals surface area contributed by atoms with Crippen molar-refractivity contribution in [3.63, 3.8) is 0 Å². The van der Waals surface area contributed by atoms with Gasteiger partial charge in [-0.1, -0.05) is 31.9 Å². The predicted molar refractivity (Wildman–Crippen MR) is 75.9 cm³/mol. The third-order valence-electron chi connectivity index (χ3n) is 4.21. The lowest BCUT2D eigenvalue weighted by atomic mass is 9.77. The highest BCUT2D eigenvalue weighted by atomic mass is 19.4. The van der Waals surface area contributed by atoms with Crippen LogP contribution in [0.3, 0.4) is 0 Å². The number of nitrogens with two attached hydrogens (primary N) is 1. The maximum atomic E-state index is 12.1. The van der Waals surface area contributed by atoms with E-state index < -0.39 is 6.36 Å². The summed E-state index contributed by atoms with van der Waals surface area (Å²) in [4.78, 5) is 0. The Morgan fingerprint density at radius 2 is 1.90 bits per heavy atom. The Morgan fingerprint density at radius 3 is 2.48 bits per heavy atom. The van der Waals surface area contributed by atoms with E-state index in [0.717, 1.165) is 24.3 Å². The van der Waals surface area contributed by atoms with Crippen molar-refractivity contribution in [2.75, 3.05) is 0 Å². The normalized spacial score (nSPS) is 24.6. The summed E-state index contributed by atoms with van der Waals surface area (Å²) >= 11 is 0. The van der Waals surface area contributed by atoms with E-state index in [-0.39, 0.29) is 11.8 Å². The highest BCUT2D eigenvalue weighted by molar-refractivity contribution is 5.28. The van der Waals surface area contributed by atoms with Gasteiger partial charge in [0.25, 0.3) is 0 Å². The highest BCUT2D eigenvalue weighted by Crippen LogP contribution is 2.31. The maximum absolute atomic E-state index is 12.1.